The molecule has 0 aromatic carbocycles. The molecule has 0 saturated carbocycles. The van der Waals surface area contributed by atoms with Crippen molar-refractivity contribution in [1.29, 1.82) is 0 Å². The van der Waals surface area contributed by atoms with Gasteiger partial charge in [-0.2, -0.15) is 0 Å². The van der Waals surface area contributed by atoms with Gasteiger partial charge in [-0.15, -0.1) is 11.3 Å². The van der Waals surface area contributed by atoms with E-state index < -0.39 is 0 Å². The number of thioether (sulfide) groups is 1. The van der Waals surface area contributed by atoms with Crippen molar-refractivity contribution in [3.05, 3.63) is 11.1 Å². The van der Waals surface area contributed by atoms with Gasteiger partial charge in [0.1, 0.15) is 4.34 Å². The molecule has 0 bridgehead atoms. The van der Waals surface area contributed by atoms with Crippen LogP contribution in [0.5, 0.6) is 0 Å². The van der Waals surface area contributed by atoms with E-state index in [9.17, 15) is 5.11 Å². The third-order valence-corrected chi connectivity index (χ3v) is 5.12. The molecule has 0 radical (unpaired) electrons. The van der Waals surface area contributed by atoms with Gasteiger partial charge in [0, 0.05) is 22.4 Å². The predicted molar refractivity (Wildman–Crippen MR) is 80.6 cm³/mol. The van der Waals surface area contributed by atoms with E-state index in [4.69, 9.17) is 0 Å². The Balaban J connectivity index is 2.14. The van der Waals surface area contributed by atoms with Crippen LogP contribution >= 0.6 is 23.1 Å². The molecule has 0 aliphatic heterocycles. The van der Waals surface area contributed by atoms with E-state index in [1.165, 1.54) is 10.8 Å². The highest BCUT2D eigenvalue weighted by molar-refractivity contribution is 8.00. The third-order valence-electron chi connectivity index (χ3n) is 2.90. The van der Waals surface area contributed by atoms with Gasteiger partial charge in [-0.05, 0) is 33.2 Å². The number of hydrogen-bond acceptors (Lipinski definition) is 5. The number of aliphatic hydroxyl groups is 1. The fraction of sp³-hybridized carbons (Fsp3) is 0.769. The Morgan fingerprint density at radius 1 is 1.50 bits per heavy atom. The van der Waals surface area contributed by atoms with Gasteiger partial charge < -0.3 is 10.4 Å². The summed E-state index contributed by atoms with van der Waals surface area (Å²) in [6.45, 7) is 7.32. The van der Waals surface area contributed by atoms with E-state index in [0.29, 0.717) is 0 Å². The minimum atomic E-state index is -0.114. The highest BCUT2D eigenvalue weighted by atomic mass is 32.2. The smallest absolute Gasteiger partial charge is 0.150 e. The zero-order valence-corrected chi connectivity index (χ0v) is 13.2. The number of unbranched alkanes of at least 4 members (excludes halogenated alkanes) is 1. The third kappa shape index (κ3) is 5.69. The van der Waals surface area contributed by atoms with Crippen LogP contribution in [-0.2, 0) is 0 Å². The molecular formula is C13H24N2OS2. The second-order valence-electron chi connectivity index (χ2n) is 4.81. The maximum Gasteiger partial charge on any atom is 0.150 e. The summed E-state index contributed by atoms with van der Waals surface area (Å²) in [7, 11) is 0. The van der Waals surface area contributed by atoms with Gasteiger partial charge >= 0.3 is 0 Å². The van der Waals surface area contributed by atoms with Crippen molar-refractivity contribution in [1.82, 2.24) is 10.3 Å². The van der Waals surface area contributed by atoms with E-state index in [1.807, 2.05) is 18.7 Å². The summed E-state index contributed by atoms with van der Waals surface area (Å²) >= 11 is 3.56. The molecule has 1 aromatic heterocycles. The molecule has 0 amide bonds. The number of nitrogens with one attached hydrogen (secondary N) is 1. The molecule has 104 valence electrons. The molecule has 1 rings (SSSR count). The highest BCUT2D eigenvalue weighted by Crippen LogP contribution is 2.24. The van der Waals surface area contributed by atoms with Crippen LogP contribution in [-0.4, -0.2) is 34.5 Å². The summed E-state index contributed by atoms with van der Waals surface area (Å²) < 4.78 is 1.17. The molecule has 2 N–H and O–H groups in total. The van der Waals surface area contributed by atoms with Crippen molar-refractivity contribution in [2.75, 3.05) is 18.9 Å². The minimum Gasteiger partial charge on any atom is -0.394 e. The number of aromatic nitrogens is 1. The van der Waals surface area contributed by atoms with Gasteiger partial charge in [0.05, 0.1) is 6.61 Å². The van der Waals surface area contributed by atoms with Crippen LogP contribution in [0, 0.1) is 6.92 Å². The van der Waals surface area contributed by atoms with Gasteiger partial charge in [0.25, 0.3) is 0 Å². The Morgan fingerprint density at radius 3 is 2.83 bits per heavy atom. The lowest BCUT2D eigenvalue weighted by molar-refractivity contribution is 0.165. The van der Waals surface area contributed by atoms with E-state index in [0.717, 1.165) is 30.8 Å². The number of aryl methyl sites for hydroxylation is 1. The van der Waals surface area contributed by atoms with Crippen molar-refractivity contribution < 1.29 is 5.11 Å². The van der Waals surface area contributed by atoms with Crippen LogP contribution < -0.4 is 5.32 Å². The second kappa shape index (κ2) is 8.15. The van der Waals surface area contributed by atoms with Gasteiger partial charge in [0.15, 0.2) is 0 Å². The first-order valence-electron chi connectivity index (χ1n) is 6.50. The van der Waals surface area contributed by atoms with Crippen LogP contribution in [0.3, 0.4) is 0 Å². The summed E-state index contributed by atoms with van der Waals surface area (Å²) in [6, 6.07) is 0. The summed E-state index contributed by atoms with van der Waals surface area (Å²) in [5, 5.41) is 14.8. The zero-order chi connectivity index (χ0) is 13.4. The van der Waals surface area contributed by atoms with Crippen LogP contribution in [0.2, 0.25) is 0 Å². The molecule has 0 saturated heterocycles. The van der Waals surface area contributed by atoms with Crippen molar-refractivity contribution in [2.24, 2.45) is 0 Å². The fourth-order valence-electron chi connectivity index (χ4n) is 1.83. The van der Waals surface area contributed by atoms with Crippen molar-refractivity contribution >= 4 is 23.1 Å². The summed E-state index contributed by atoms with van der Waals surface area (Å²) in [5.74, 6) is 1.11. The van der Waals surface area contributed by atoms with Gasteiger partial charge in [-0.3, -0.25) is 0 Å². The molecule has 1 unspecified atom stereocenters. The van der Waals surface area contributed by atoms with Gasteiger partial charge in [0.2, 0.25) is 0 Å². The molecular weight excluding hydrogens is 264 g/mol. The number of nitrogens with zero attached hydrogens (tertiary/aromatic N) is 1. The normalized spacial score (nSPS) is 14.7. The van der Waals surface area contributed by atoms with Crippen molar-refractivity contribution in [2.45, 2.75) is 49.9 Å². The average Bonchev–Trinajstić information content (AvgIpc) is 2.75. The van der Waals surface area contributed by atoms with Gasteiger partial charge in [-0.25, -0.2) is 4.98 Å². The topological polar surface area (TPSA) is 45.1 Å². The minimum absolute atomic E-state index is 0.114. The molecule has 3 nitrogen and oxygen atoms in total. The Bertz CT molecular complexity index is 343. The summed E-state index contributed by atoms with van der Waals surface area (Å²) in [5.41, 5.74) is 1.000. The number of hydrogen-bond donors (Lipinski definition) is 2. The standard InChI is InChI=1S/C13H24N2OS2/c1-4-14-13(3,10-16)7-5-6-8-17-12-15-11(2)9-18-12/h9,14,16H,4-8,10H2,1-3H3. The van der Waals surface area contributed by atoms with E-state index in [-0.39, 0.29) is 12.1 Å². The summed E-state index contributed by atoms with van der Waals surface area (Å²) in [4.78, 5) is 4.43. The lowest BCUT2D eigenvalue weighted by atomic mass is 9.96. The number of aliphatic hydroxyl groups excluding tert-OH is 1. The van der Waals surface area contributed by atoms with Crippen molar-refractivity contribution in [3.63, 3.8) is 0 Å². The first kappa shape index (κ1) is 16.0. The van der Waals surface area contributed by atoms with Crippen LogP contribution in [0.4, 0.5) is 0 Å². The lowest BCUT2D eigenvalue weighted by Crippen LogP contribution is -2.45. The molecule has 0 aliphatic rings. The first-order valence-corrected chi connectivity index (χ1v) is 8.37. The lowest BCUT2D eigenvalue weighted by Gasteiger charge is -2.28. The second-order valence-corrected chi connectivity index (χ2v) is 7.01. The van der Waals surface area contributed by atoms with Crippen LogP contribution in [0.25, 0.3) is 0 Å². The largest absolute Gasteiger partial charge is 0.394 e. The molecule has 0 aliphatic carbocycles. The first-order chi connectivity index (χ1) is 8.59. The average molecular weight is 288 g/mol. The fourth-order valence-corrected chi connectivity index (χ4v) is 3.74. The van der Waals surface area contributed by atoms with E-state index >= 15 is 0 Å². The number of likely N-dealkylation sites (N-methyl/N-ethyl adjacent to an activating group) is 1. The molecule has 1 aromatic rings. The van der Waals surface area contributed by atoms with Gasteiger partial charge in [-0.1, -0.05) is 25.1 Å². The maximum atomic E-state index is 9.38. The molecule has 0 fully saturated rings. The van der Waals surface area contributed by atoms with Crippen molar-refractivity contribution in [3.8, 4) is 0 Å². The Morgan fingerprint density at radius 2 is 2.28 bits per heavy atom. The zero-order valence-electron chi connectivity index (χ0n) is 11.5. The number of thiazole rings is 1. The molecule has 18 heavy (non-hydrogen) atoms. The van der Waals surface area contributed by atoms with Crippen LogP contribution in [0.1, 0.15) is 38.8 Å². The quantitative estimate of drug-likeness (QED) is 0.541. The summed E-state index contributed by atoms with van der Waals surface area (Å²) in [6.07, 6.45) is 3.33. The number of rotatable bonds is 9. The maximum absolute atomic E-state index is 9.38. The molecule has 0 spiro atoms. The Labute approximate surface area is 118 Å². The SMILES string of the molecule is CCNC(C)(CO)CCCCSc1nc(C)cs1. The highest BCUT2D eigenvalue weighted by Gasteiger charge is 2.20. The van der Waals surface area contributed by atoms with E-state index in [2.05, 4.69) is 29.5 Å². The molecule has 1 atom stereocenters. The molecule has 5 heteroatoms. The predicted octanol–water partition coefficient (Wildman–Crippen LogP) is 3.07. The molecule has 1 heterocycles. The monoisotopic (exact) mass is 288 g/mol. The van der Waals surface area contributed by atoms with Crippen LogP contribution in [0.15, 0.2) is 9.72 Å². The Hall–Kier alpha value is -0.100. The van der Waals surface area contributed by atoms with E-state index in [1.54, 1.807) is 11.3 Å². The Kier molecular flexibility index (Phi) is 7.22.